The zero-order valence-corrected chi connectivity index (χ0v) is 21.9. The zero-order valence-electron chi connectivity index (χ0n) is 21.9. The molecular formula is C27H43FN6O. The Balaban J connectivity index is 0. The molecule has 8 heteroatoms. The molecule has 1 saturated heterocycles. The Labute approximate surface area is 210 Å². The summed E-state index contributed by atoms with van der Waals surface area (Å²) in [4.78, 5) is 18.8. The van der Waals surface area contributed by atoms with Gasteiger partial charge in [0.05, 0.1) is 0 Å². The molecule has 2 aromatic rings. The predicted octanol–water partition coefficient (Wildman–Crippen LogP) is 3.74. The number of aryl methyl sites for hydroxylation is 1. The summed E-state index contributed by atoms with van der Waals surface area (Å²) in [5, 5.41) is 3.35. The summed E-state index contributed by atoms with van der Waals surface area (Å²) >= 11 is 0. The highest BCUT2D eigenvalue weighted by molar-refractivity contribution is 6.01. The number of anilines is 1. The molecule has 7 nitrogen and oxygen atoms in total. The van der Waals surface area contributed by atoms with Crippen LogP contribution in [-0.4, -0.2) is 59.6 Å². The van der Waals surface area contributed by atoms with Crippen LogP contribution in [0.4, 0.5) is 10.1 Å². The number of amidine groups is 1. The second kappa shape index (κ2) is 22.6. The van der Waals surface area contributed by atoms with E-state index >= 15 is 0 Å². The van der Waals surface area contributed by atoms with Gasteiger partial charge in [0.25, 0.3) is 0 Å². The highest BCUT2D eigenvalue weighted by Gasteiger charge is 2.10. The van der Waals surface area contributed by atoms with E-state index in [0.29, 0.717) is 17.8 Å². The molecule has 0 aromatic heterocycles. The average molecular weight is 487 g/mol. The Hall–Kier alpha value is -3.20. The van der Waals surface area contributed by atoms with Crippen LogP contribution in [0.1, 0.15) is 30.5 Å². The lowest BCUT2D eigenvalue weighted by Gasteiger charge is -2.29. The van der Waals surface area contributed by atoms with Gasteiger partial charge in [0.2, 0.25) is 0 Å². The van der Waals surface area contributed by atoms with Gasteiger partial charge in [0, 0.05) is 43.6 Å². The Kier molecular flexibility index (Phi) is 21.9. The fourth-order valence-electron chi connectivity index (χ4n) is 3.07. The molecule has 0 aliphatic carbocycles. The molecule has 0 bridgehead atoms. The van der Waals surface area contributed by atoms with E-state index in [0.717, 1.165) is 37.3 Å². The van der Waals surface area contributed by atoms with Gasteiger partial charge in [-0.3, -0.25) is 0 Å². The molecule has 5 N–H and O–H groups in total. The number of carbonyl (C=O) groups is 1. The molecule has 3 rings (SSSR count). The van der Waals surface area contributed by atoms with Crippen LogP contribution in [0.2, 0.25) is 0 Å². The Bertz CT molecular complexity index is 862. The van der Waals surface area contributed by atoms with Gasteiger partial charge in [0.1, 0.15) is 12.6 Å². The number of piperazine rings is 1. The van der Waals surface area contributed by atoms with Gasteiger partial charge in [-0.25, -0.2) is 14.4 Å². The summed E-state index contributed by atoms with van der Waals surface area (Å²) in [5.74, 6) is 0.372. The Morgan fingerprint density at radius 2 is 1.63 bits per heavy atom. The number of rotatable bonds is 5. The minimum absolute atomic E-state index is 0.186. The number of nitrogens with zero attached hydrogens (tertiary/aromatic N) is 3. The maximum absolute atomic E-state index is 13.9. The average Bonchev–Trinajstić information content (AvgIpc) is 2.95. The van der Waals surface area contributed by atoms with E-state index in [1.54, 1.807) is 18.3 Å². The number of nitrogens with two attached hydrogens (primary N) is 2. The maximum Gasteiger partial charge on any atom is 0.158 e. The summed E-state index contributed by atoms with van der Waals surface area (Å²) in [5.41, 5.74) is 12.7. The van der Waals surface area contributed by atoms with E-state index in [4.69, 9.17) is 4.79 Å². The number of halogens is 1. The minimum Gasteiger partial charge on any atom is -0.369 e. The topological polar surface area (TPSA) is 109 Å². The molecule has 2 aromatic carbocycles. The molecule has 1 fully saturated rings. The first kappa shape index (κ1) is 34.0. The lowest BCUT2D eigenvalue weighted by Crippen LogP contribution is -2.43. The second-order valence-electron chi connectivity index (χ2n) is 6.58. The molecule has 0 atom stereocenters. The predicted molar refractivity (Wildman–Crippen MR) is 150 cm³/mol. The van der Waals surface area contributed by atoms with Crippen molar-refractivity contribution in [3.63, 3.8) is 0 Å². The van der Waals surface area contributed by atoms with Gasteiger partial charge in [-0.15, -0.1) is 0 Å². The van der Waals surface area contributed by atoms with E-state index in [1.807, 2.05) is 51.8 Å². The molecule has 1 aliphatic rings. The molecule has 0 unspecified atom stereocenters. The van der Waals surface area contributed by atoms with Crippen molar-refractivity contribution in [2.75, 3.05) is 45.2 Å². The van der Waals surface area contributed by atoms with Crippen LogP contribution in [-0.2, 0) is 11.2 Å². The normalized spacial score (nSPS) is 12.5. The largest absolute Gasteiger partial charge is 0.369 e. The number of nitrogens with one attached hydrogen (secondary N) is 1. The summed E-state index contributed by atoms with van der Waals surface area (Å²) in [7, 11) is 3.00. The minimum atomic E-state index is -0.186. The van der Waals surface area contributed by atoms with Gasteiger partial charge in [-0.1, -0.05) is 32.1 Å². The number of carbonyl (C=O) groups excluding carboxylic acids is 1. The van der Waals surface area contributed by atoms with Gasteiger partial charge in [-0.05, 0) is 75.6 Å². The van der Waals surface area contributed by atoms with E-state index in [1.165, 1.54) is 19.8 Å². The Morgan fingerprint density at radius 1 is 1.06 bits per heavy atom. The molecule has 35 heavy (non-hydrogen) atoms. The third kappa shape index (κ3) is 12.7. The highest BCUT2D eigenvalue weighted by Crippen LogP contribution is 2.17. The summed E-state index contributed by atoms with van der Waals surface area (Å²) < 4.78 is 13.9. The van der Waals surface area contributed by atoms with Crippen LogP contribution in [0.5, 0.6) is 0 Å². The Morgan fingerprint density at radius 3 is 2.14 bits per heavy atom. The number of aliphatic imine (C=N–C) groups is 2. The van der Waals surface area contributed by atoms with E-state index in [2.05, 4.69) is 50.5 Å². The number of hydrogen-bond acceptors (Lipinski definition) is 6. The smallest absolute Gasteiger partial charge is 0.158 e. The number of hydrogen-bond donors (Lipinski definition) is 3. The van der Waals surface area contributed by atoms with Crippen molar-refractivity contribution in [2.24, 2.45) is 21.5 Å². The molecule has 194 valence electrons. The lowest BCUT2D eigenvalue weighted by atomic mass is 10.1. The van der Waals surface area contributed by atoms with E-state index in [9.17, 15) is 4.39 Å². The zero-order chi connectivity index (χ0) is 27.1. The fourth-order valence-corrected chi connectivity index (χ4v) is 3.07. The van der Waals surface area contributed by atoms with Crippen molar-refractivity contribution in [1.82, 2.24) is 5.32 Å². The second-order valence-corrected chi connectivity index (χ2v) is 6.58. The van der Waals surface area contributed by atoms with Crippen molar-refractivity contribution in [3.8, 4) is 0 Å². The molecule has 0 spiro atoms. The summed E-state index contributed by atoms with van der Waals surface area (Å²) in [6.07, 6.45) is 3.98. The molecule has 1 aliphatic heterocycles. The monoisotopic (exact) mass is 486 g/mol. The molecule has 1 heterocycles. The van der Waals surface area contributed by atoms with E-state index in [-0.39, 0.29) is 5.82 Å². The quantitative estimate of drug-likeness (QED) is 0.441. The standard InChI is InChI=1S/C22H25FN4.C2H6.2CH5N.CH2O/c1-17-5-6-18(21(23)16-17)4-3-11-26-22(24-2)19-7-9-20(10-8-19)27-14-12-25-13-15-27;4*1-2/h3,5-11,16,25H,2,4,12-15H2,1H3;1-2H3;2*2H2,1H3;1H2/b11-3-,26-22?;;;;. The molecule has 0 saturated carbocycles. The summed E-state index contributed by atoms with van der Waals surface area (Å²) in [6.45, 7) is 15.5. The van der Waals surface area contributed by atoms with Crippen LogP contribution in [0.25, 0.3) is 0 Å². The molecular weight excluding hydrogens is 443 g/mol. The van der Waals surface area contributed by atoms with Crippen molar-refractivity contribution < 1.29 is 9.18 Å². The van der Waals surface area contributed by atoms with Crippen molar-refractivity contribution >= 4 is 25.0 Å². The summed E-state index contributed by atoms with van der Waals surface area (Å²) in [6, 6.07) is 13.5. The number of allylic oxidation sites excluding steroid dienone is 1. The fraction of sp³-hybridized carbons (Fsp3) is 0.370. The third-order valence-corrected chi connectivity index (χ3v) is 4.61. The van der Waals surface area contributed by atoms with Crippen LogP contribution in [0.15, 0.2) is 64.7 Å². The van der Waals surface area contributed by atoms with E-state index < -0.39 is 0 Å². The first-order chi connectivity index (χ1) is 17.2. The van der Waals surface area contributed by atoms with Crippen LogP contribution < -0.4 is 21.7 Å². The third-order valence-electron chi connectivity index (χ3n) is 4.61. The van der Waals surface area contributed by atoms with Crippen LogP contribution in [0, 0.1) is 12.7 Å². The first-order valence-electron chi connectivity index (χ1n) is 11.6. The van der Waals surface area contributed by atoms with Crippen molar-refractivity contribution in [1.29, 1.82) is 0 Å². The van der Waals surface area contributed by atoms with Crippen molar-refractivity contribution in [2.45, 2.75) is 27.2 Å². The van der Waals surface area contributed by atoms with Gasteiger partial charge in [0.15, 0.2) is 5.84 Å². The maximum atomic E-state index is 13.9. The van der Waals surface area contributed by atoms with Crippen LogP contribution >= 0.6 is 0 Å². The van der Waals surface area contributed by atoms with Crippen molar-refractivity contribution in [3.05, 3.63) is 77.2 Å². The van der Waals surface area contributed by atoms with Gasteiger partial charge >= 0.3 is 0 Å². The first-order valence-corrected chi connectivity index (χ1v) is 11.6. The van der Waals surface area contributed by atoms with Gasteiger partial charge in [-0.2, -0.15) is 0 Å². The SMILES string of the molecule is C=NC(=N/C=C\Cc1ccc(C)cc1F)c1ccc(N2CCNCC2)cc1.C=O.CC.CN.CN. The molecule has 0 amide bonds. The lowest BCUT2D eigenvalue weighted by molar-refractivity contribution is -0.0979. The molecule has 0 radical (unpaired) electrons. The number of benzene rings is 2. The van der Waals surface area contributed by atoms with Crippen LogP contribution in [0.3, 0.4) is 0 Å². The van der Waals surface area contributed by atoms with Gasteiger partial charge < -0.3 is 26.5 Å². The highest BCUT2D eigenvalue weighted by atomic mass is 19.1.